The first-order valence-corrected chi connectivity index (χ1v) is 6.66. The molecule has 17 heavy (non-hydrogen) atoms. The van der Waals surface area contributed by atoms with Crippen molar-refractivity contribution in [2.45, 2.75) is 20.0 Å². The Morgan fingerprint density at radius 1 is 1.76 bits per heavy atom. The lowest BCUT2D eigenvalue weighted by molar-refractivity contribution is -0.131. The zero-order valence-electron chi connectivity index (χ0n) is 10.1. The van der Waals surface area contributed by atoms with Gasteiger partial charge in [-0.1, -0.05) is 0 Å². The maximum absolute atomic E-state index is 12.3. The summed E-state index contributed by atoms with van der Waals surface area (Å²) in [7, 11) is 0. The lowest BCUT2D eigenvalue weighted by Gasteiger charge is -2.27. The number of amides is 1. The molecular weight excluding hydrogens is 238 g/mol. The average Bonchev–Trinajstić information content (AvgIpc) is 2.78. The third kappa shape index (κ3) is 2.83. The average molecular weight is 255 g/mol. The predicted molar refractivity (Wildman–Crippen MR) is 67.5 cm³/mol. The van der Waals surface area contributed by atoms with E-state index >= 15 is 0 Å². The number of likely N-dealkylation sites (N-methyl/N-ethyl adjacent to an activating group) is 1. The first-order valence-electron chi connectivity index (χ1n) is 5.78. The summed E-state index contributed by atoms with van der Waals surface area (Å²) in [6, 6.07) is 0. The van der Waals surface area contributed by atoms with Crippen LogP contribution in [0.2, 0.25) is 0 Å². The minimum Gasteiger partial charge on any atom is -0.366 e. The van der Waals surface area contributed by atoms with E-state index in [1.54, 1.807) is 4.90 Å². The number of nitrogens with one attached hydrogen (secondary N) is 1. The van der Waals surface area contributed by atoms with Crippen LogP contribution in [0.3, 0.4) is 0 Å². The number of morpholine rings is 1. The van der Waals surface area contributed by atoms with Crippen LogP contribution in [0, 0.1) is 6.92 Å². The van der Waals surface area contributed by atoms with Gasteiger partial charge in [0.05, 0.1) is 12.3 Å². The van der Waals surface area contributed by atoms with Crippen molar-refractivity contribution in [2.24, 2.45) is 0 Å². The van der Waals surface area contributed by atoms with Crippen LogP contribution in [0.15, 0.2) is 5.38 Å². The van der Waals surface area contributed by atoms with Crippen LogP contribution in [0.5, 0.6) is 0 Å². The Morgan fingerprint density at radius 2 is 2.59 bits per heavy atom. The zero-order chi connectivity index (χ0) is 12.3. The molecule has 5 nitrogen and oxygen atoms in total. The van der Waals surface area contributed by atoms with E-state index < -0.39 is 0 Å². The Labute approximate surface area is 105 Å². The minimum atomic E-state index is -0.382. The number of hydrogen-bond acceptors (Lipinski definition) is 5. The smallest absolute Gasteiger partial charge is 0.259 e. The van der Waals surface area contributed by atoms with Crippen LogP contribution in [-0.2, 0) is 9.53 Å². The highest BCUT2D eigenvalue weighted by Crippen LogP contribution is 2.21. The Morgan fingerprint density at radius 3 is 3.12 bits per heavy atom. The van der Waals surface area contributed by atoms with Crippen LogP contribution in [-0.4, -0.2) is 43.2 Å². The second kappa shape index (κ2) is 5.57. The number of carbonyl (C=O) groups excluding carboxylic acids is 1. The summed E-state index contributed by atoms with van der Waals surface area (Å²) in [5, 5.41) is 5.87. The number of aryl methyl sites for hydroxylation is 1. The van der Waals surface area contributed by atoms with E-state index in [9.17, 15) is 4.79 Å². The van der Waals surface area contributed by atoms with Crippen LogP contribution in [0.4, 0.5) is 5.13 Å². The standard InChI is InChI=1S/C11H17N3O2S/c1-3-14(11-13-8(2)7-17-11)10(15)9-6-12-4-5-16-9/h7,9,12H,3-6H2,1-2H3. The van der Waals surface area contributed by atoms with Crippen molar-refractivity contribution in [1.82, 2.24) is 10.3 Å². The highest BCUT2D eigenvalue weighted by atomic mass is 32.1. The Bertz CT molecular complexity index is 388. The molecule has 1 aromatic rings. The quantitative estimate of drug-likeness (QED) is 0.867. The van der Waals surface area contributed by atoms with Gasteiger partial charge in [0.15, 0.2) is 5.13 Å². The van der Waals surface area contributed by atoms with E-state index in [1.165, 1.54) is 11.3 Å². The zero-order valence-corrected chi connectivity index (χ0v) is 10.9. The van der Waals surface area contributed by atoms with E-state index in [0.717, 1.165) is 17.4 Å². The van der Waals surface area contributed by atoms with E-state index in [4.69, 9.17) is 4.74 Å². The van der Waals surface area contributed by atoms with E-state index in [0.29, 0.717) is 19.7 Å². The van der Waals surface area contributed by atoms with Gasteiger partial charge in [-0.15, -0.1) is 11.3 Å². The fourth-order valence-corrected chi connectivity index (χ4v) is 2.62. The van der Waals surface area contributed by atoms with Gasteiger partial charge in [0.1, 0.15) is 6.10 Å². The molecule has 1 N–H and O–H groups in total. The predicted octanol–water partition coefficient (Wildman–Crippen LogP) is 0.793. The summed E-state index contributed by atoms with van der Waals surface area (Å²) in [5.74, 6) is -0.00551. The molecule has 0 spiro atoms. The molecule has 1 aliphatic rings. The molecule has 0 aromatic carbocycles. The number of anilines is 1. The third-order valence-electron chi connectivity index (χ3n) is 2.62. The molecule has 1 saturated heterocycles. The summed E-state index contributed by atoms with van der Waals surface area (Å²) in [6.07, 6.45) is -0.382. The molecule has 0 bridgehead atoms. The molecular formula is C11H17N3O2S. The van der Waals surface area contributed by atoms with Gasteiger partial charge < -0.3 is 10.1 Å². The highest BCUT2D eigenvalue weighted by molar-refractivity contribution is 7.14. The molecule has 1 aromatic heterocycles. The van der Waals surface area contributed by atoms with Crippen molar-refractivity contribution in [2.75, 3.05) is 31.1 Å². The molecule has 0 aliphatic carbocycles. The van der Waals surface area contributed by atoms with Gasteiger partial charge in [-0.2, -0.15) is 0 Å². The van der Waals surface area contributed by atoms with Crippen molar-refractivity contribution < 1.29 is 9.53 Å². The number of thiazole rings is 1. The Hall–Kier alpha value is -0.980. The van der Waals surface area contributed by atoms with Gasteiger partial charge >= 0.3 is 0 Å². The second-order valence-electron chi connectivity index (χ2n) is 3.92. The molecule has 1 aliphatic heterocycles. The van der Waals surface area contributed by atoms with Gasteiger partial charge in [-0.25, -0.2) is 4.98 Å². The summed E-state index contributed by atoms with van der Waals surface area (Å²) in [6.45, 7) is 6.48. The van der Waals surface area contributed by atoms with Crippen molar-refractivity contribution in [1.29, 1.82) is 0 Å². The number of carbonyl (C=O) groups is 1. The summed E-state index contributed by atoms with van der Waals surface area (Å²) in [4.78, 5) is 18.3. The summed E-state index contributed by atoms with van der Waals surface area (Å²) in [5.41, 5.74) is 0.943. The van der Waals surface area contributed by atoms with Crippen molar-refractivity contribution in [3.63, 3.8) is 0 Å². The maximum atomic E-state index is 12.3. The van der Waals surface area contributed by atoms with E-state index in [1.807, 2.05) is 19.2 Å². The molecule has 0 radical (unpaired) electrons. The van der Waals surface area contributed by atoms with Gasteiger partial charge in [-0.05, 0) is 13.8 Å². The van der Waals surface area contributed by atoms with E-state index in [-0.39, 0.29) is 12.0 Å². The summed E-state index contributed by atoms with van der Waals surface area (Å²) >= 11 is 1.49. The van der Waals surface area contributed by atoms with E-state index in [2.05, 4.69) is 10.3 Å². The molecule has 1 fully saturated rings. The molecule has 0 saturated carbocycles. The summed E-state index contributed by atoms with van der Waals surface area (Å²) < 4.78 is 5.47. The Balaban J connectivity index is 2.09. The second-order valence-corrected chi connectivity index (χ2v) is 4.75. The molecule has 6 heteroatoms. The topological polar surface area (TPSA) is 54.5 Å². The number of nitrogens with zero attached hydrogens (tertiary/aromatic N) is 2. The normalized spacial score (nSPS) is 20.2. The number of ether oxygens (including phenoxy) is 1. The van der Waals surface area contributed by atoms with Gasteiger partial charge in [0, 0.05) is 25.0 Å². The van der Waals surface area contributed by atoms with Crippen molar-refractivity contribution >= 4 is 22.4 Å². The fourth-order valence-electron chi connectivity index (χ4n) is 1.75. The van der Waals surface area contributed by atoms with Crippen LogP contribution < -0.4 is 10.2 Å². The SMILES string of the molecule is CCN(C(=O)C1CNCCO1)c1nc(C)cs1. The number of hydrogen-bond donors (Lipinski definition) is 1. The van der Waals surface area contributed by atoms with Gasteiger partial charge in [-0.3, -0.25) is 9.69 Å². The van der Waals surface area contributed by atoms with Crippen molar-refractivity contribution in [3.8, 4) is 0 Å². The van der Waals surface area contributed by atoms with Crippen molar-refractivity contribution in [3.05, 3.63) is 11.1 Å². The first-order chi connectivity index (χ1) is 8.22. The van der Waals surface area contributed by atoms with Crippen LogP contribution in [0.1, 0.15) is 12.6 Å². The molecule has 2 heterocycles. The van der Waals surface area contributed by atoms with Crippen LogP contribution in [0.25, 0.3) is 0 Å². The fraction of sp³-hybridized carbons (Fsp3) is 0.636. The third-order valence-corrected chi connectivity index (χ3v) is 3.60. The van der Waals surface area contributed by atoms with Gasteiger partial charge in [0.2, 0.25) is 0 Å². The molecule has 1 atom stereocenters. The maximum Gasteiger partial charge on any atom is 0.259 e. The monoisotopic (exact) mass is 255 g/mol. The molecule has 94 valence electrons. The minimum absolute atomic E-state index is 0.00551. The first kappa shape index (κ1) is 12.5. The Kier molecular flexibility index (Phi) is 4.09. The highest BCUT2D eigenvalue weighted by Gasteiger charge is 2.28. The molecule has 1 amide bonds. The lowest BCUT2D eigenvalue weighted by atomic mass is 10.2. The molecule has 2 rings (SSSR count). The lowest BCUT2D eigenvalue weighted by Crippen LogP contribution is -2.49. The largest absolute Gasteiger partial charge is 0.366 e. The number of rotatable bonds is 3. The van der Waals surface area contributed by atoms with Crippen LogP contribution >= 0.6 is 11.3 Å². The molecule has 1 unspecified atom stereocenters. The number of aromatic nitrogens is 1. The van der Waals surface area contributed by atoms with Gasteiger partial charge in [0.25, 0.3) is 5.91 Å².